The molecular weight excluding hydrogens is 613 g/mol. The molecular formula is C32H60N5O4PS2. The summed E-state index contributed by atoms with van der Waals surface area (Å²) in [7, 11) is 0.225. The molecule has 0 fully saturated rings. The molecule has 2 rings (SSSR count). The number of nitrogens with zero attached hydrogens (tertiary/aromatic N) is 4. The Kier molecular flexibility index (Phi) is 20.2. The first-order chi connectivity index (χ1) is 21.1. The number of hydrogen-bond acceptors (Lipinski definition) is 10. The van der Waals surface area contributed by atoms with E-state index in [4.69, 9.17) is 19.5 Å². The summed E-state index contributed by atoms with van der Waals surface area (Å²) < 4.78 is 33.1. The number of fused-ring (bicyclic) bond motifs is 1. The van der Waals surface area contributed by atoms with E-state index in [1.54, 1.807) is 17.1 Å². The predicted molar refractivity (Wildman–Crippen MR) is 189 cm³/mol. The van der Waals surface area contributed by atoms with Gasteiger partial charge in [-0.2, -0.15) is 0 Å². The van der Waals surface area contributed by atoms with Gasteiger partial charge in [-0.1, -0.05) is 133 Å². The lowest BCUT2D eigenvalue weighted by Gasteiger charge is -2.25. The highest BCUT2D eigenvalue weighted by Gasteiger charge is 2.29. The number of hydrogen-bond donors (Lipinski definition) is 1. The van der Waals surface area contributed by atoms with E-state index < -0.39 is 7.60 Å². The van der Waals surface area contributed by atoms with Crippen LogP contribution in [0.4, 0.5) is 5.82 Å². The second kappa shape index (κ2) is 22.6. The van der Waals surface area contributed by atoms with Crippen molar-refractivity contribution in [3.63, 3.8) is 0 Å². The number of aromatic nitrogens is 4. The van der Waals surface area contributed by atoms with Gasteiger partial charge in [0.05, 0.1) is 32.2 Å². The summed E-state index contributed by atoms with van der Waals surface area (Å²) in [6.45, 7) is 11.5. The van der Waals surface area contributed by atoms with Gasteiger partial charge in [-0.05, 0) is 18.8 Å². The normalized spacial score (nSPS) is 14.3. The van der Waals surface area contributed by atoms with E-state index in [-0.39, 0.29) is 17.9 Å². The minimum atomic E-state index is -3.42. The minimum absolute atomic E-state index is 0.106. The summed E-state index contributed by atoms with van der Waals surface area (Å²) in [5.74, 6) is 2.23. The van der Waals surface area contributed by atoms with E-state index in [1.807, 2.05) is 43.1 Å². The molecule has 0 spiro atoms. The molecule has 0 aliphatic rings. The largest absolute Gasteiger partial charge is 0.382 e. The van der Waals surface area contributed by atoms with Crippen LogP contribution in [0.1, 0.15) is 125 Å². The molecule has 0 saturated heterocycles. The summed E-state index contributed by atoms with van der Waals surface area (Å²) >= 11 is 0. The fourth-order valence-electron chi connectivity index (χ4n) is 4.67. The molecule has 2 aromatic heterocycles. The molecule has 254 valence electrons. The molecule has 44 heavy (non-hydrogen) atoms. The Balaban J connectivity index is 1.56. The molecule has 0 aliphatic carbocycles. The van der Waals surface area contributed by atoms with Gasteiger partial charge in [0.2, 0.25) is 0 Å². The molecule has 0 saturated carbocycles. The number of imidazole rings is 1. The van der Waals surface area contributed by atoms with Gasteiger partial charge in [-0.25, -0.2) is 15.0 Å². The van der Waals surface area contributed by atoms with Crippen LogP contribution in [-0.2, 0) is 24.9 Å². The highest BCUT2D eigenvalue weighted by atomic mass is 33.1. The number of ether oxygens (including phenoxy) is 1. The first-order valence-electron chi connectivity index (χ1n) is 16.8. The molecule has 12 heteroatoms. The maximum absolute atomic E-state index is 13.6. The third-order valence-corrected chi connectivity index (χ3v) is 11.2. The fourth-order valence-corrected chi connectivity index (χ4v) is 8.38. The standard InChI is InChI=1S/C32H60N5O4PS2/c1-6-7-8-9-10-11-12-13-14-15-16-17-18-19-21-43-44-22-20-40-42(38,41-24-32(3,4)5)27-39-28(2)23-37-26-36-29-30(33)34-25-35-31(29)37/h25-26,28H,6-24,27H2,1-5H3,(H2,33,34,35)/t28-,42?/m1/s1. The van der Waals surface area contributed by atoms with Gasteiger partial charge in [-0.3, -0.25) is 4.57 Å². The number of anilines is 1. The van der Waals surface area contributed by atoms with Crippen molar-refractivity contribution in [2.45, 2.75) is 137 Å². The van der Waals surface area contributed by atoms with Crippen molar-refractivity contribution in [2.24, 2.45) is 5.41 Å². The second-order valence-corrected chi connectivity index (χ2v) is 17.7. The summed E-state index contributed by atoms with van der Waals surface area (Å²) in [5, 5.41) is 0. The van der Waals surface area contributed by atoms with Gasteiger partial charge in [0.25, 0.3) is 0 Å². The summed E-state index contributed by atoms with van der Waals surface area (Å²) in [5.41, 5.74) is 6.95. The predicted octanol–water partition coefficient (Wildman–Crippen LogP) is 9.91. The zero-order chi connectivity index (χ0) is 32.1. The van der Waals surface area contributed by atoms with Crippen LogP contribution in [0.5, 0.6) is 0 Å². The highest BCUT2D eigenvalue weighted by Crippen LogP contribution is 2.49. The van der Waals surface area contributed by atoms with Gasteiger partial charge >= 0.3 is 7.60 Å². The third-order valence-electron chi connectivity index (χ3n) is 7.21. The first-order valence-corrected chi connectivity index (χ1v) is 21.0. The van der Waals surface area contributed by atoms with Crippen LogP contribution < -0.4 is 5.73 Å². The maximum atomic E-state index is 13.6. The van der Waals surface area contributed by atoms with Gasteiger partial charge in [-0.15, -0.1) is 0 Å². The van der Waals surface area contributed by atoms with Crippen LogP contribution in [0, 0.1) is 5.41 Å². The van der Waals surface area contributed by atoms with Crippen molar-refractivity contribution in [3.8, 4) is 0 Å². The first kappa shape index (κ1) is 39.3. The number of rotatable bonds is 27. The van der Waals surface area contributed by atoms with Crippen molar-refractivity contribution in [3.05, 3.63) is 12.7 Å². The van der Waals surface area contributed by atoms with Gasteiger partial charge in [0.15, 0.2) is 11.5 Å². The van der Waals surface area contributed by atoms with E-state index in [2.05, 4.69) is 21.9 Å². The average Bonchev–Trinajstić information content (AvgIpc) is 3.40. The summed E-state index contributed by atoms with van der Waals surface area (Å²) in [6.07, 6.45) is 22.0. The Morgan fingerprint density at radius 3 is 2.07 bits per heavy atom. The third kappa shape index (κ3) is 17.7. The lowest BCUT2D eigenvalue weighted by atomic mass is 9.99. The molecule has 0 radical (unpaired) electrons. The quantitative estimate of drug-likeness (QED) is 0.0558. The molecule has 2 heterocycles. The molecule has 0 aromatic carbocycles. The lowest BCUT2D eigenvalue weighted by molar-refractivity contribution is 0.0609. The van der Waals surface area contributed by atoms with Crippen LogP contribution in [0.15, 0.2) is 12.7 Å². The Hall–Kier alpha value is -0.840. The topological polar surface area (TPSA) is 114 Å². The zero-order valence-electron chi connectivity index (χ0n) is 28.1. The van der Waals surface area contributed by atoms with Crippen molar-refractivity contribution in [2.75, 3.05) is 36.8 Å². The lowest BCUT2D eigenvalue weighted by Crippen LogP contribution is -2.20. The van der Waals surface area contributed by atoms with E-state index >= 15 is 0 Å². The van der Waals surface area contributed by atoms with Gasteiger partial charge in [0.1, 0.15) is 18.2 Å². The Bertz CT molecular complexity index is 1070. The monoisotopic (exact) mass is 673 g/mol. The molecule has 0 aliphatic heterocycles. The second-order valence-electron chi connectivity index (χ2n) is 13.0. The maximum Gasteiger partial charge on any atom is 0.356 e. The van der Waals surface area contributed by atoms with Crippen LogP contribution in [0.2, 0.25) is 0 Å². The number of unbranched alkanes of at least 4 members (excludes halogenated alkanes) is 13. The van der Waals surface area contributed by atoms with Crippen LogP contribution >= 0.6 is 29.2 Å². The smallest absolute Gasteiger partial charge is 0.356 e. The fraction of sp³-hybridized carbons (Fsp3) is 0.844. The van der Waals surface area contributed by atoms with E-state index in [0.29, 0.717) is 36.7 Å². The zero-order valence-corrected chi connectivity index (χ0v) is 30.7. The van der Waals surface area contributed by atoms with Crippen molar-refractivity contribution in [1.29, 1.82) is 0 Å². The van der Waals surface area contributed by atoms with Crippen LogP contribution in [0.25, 0.3) is 11.2 Å². The van der Waals surface area contributed by atoms with E-state index in [9.17, 15) is 4.57 Å². The number of nitrogens with two attached hydrogens (primary N) is 1. The summed E-state index contributed by atoms with van der Waals surface area (Å²) in [4.78, 5) is 12.6. The Morgan fingerprint density at radius 1 is 0.864 bits per heavy atom. The van der Waals surface area contributed by atoms with Crippen molar-refractivity contribution < 1.29 is 18.3 Å². The van der Waals surface area contributed by atoms with E-state index in [0.717, 1.165) is 11.5 Å². The van der Waals surface area contributed by atoms with Crippen LogP contribution in [-0.4, -0.2) is 56.7 Å². The minimum Gasteiger partial charge on any atom is -0.382 e. The SMILES string of the molecule is CCCCCCCCCCCCCCCCSSCCOP(=O)(CO[C@H](C)Cn1cnc2c(N)ncnc21)OCC(C)(C)C. The molecule has 0 amide bonds. The highest BCUT2D eigenvalue weighted by molar-refractivity contribution is 8.76. The van der Waals surface area contributed by atoms with Gasteiger partial charge in [0, 0.05) is 11.5 Å². The number of nitrogen functional groups attached to an aromatic ring is 1. The molecule has 0 bridgehead atoms. The molecule has 9 nitrogen and oxygen atoms in total. The Labute approximate surface area is 275 Å². The van der Waals surface area contributed by atoms with Crippen molar-refractivity contribution >= 4 is 46.2 Å². The molecule has 1 unspecified atom stereocenters. The van der Waals surface area contributed by atoms with Crippen molar-refractivity contribution in [1.82, 2.24) is 19.5 Å². The van der Waals surface area contributed by atoms with Crippen LogP contribution in [0.3, 0.4) is 0 Å². The molecule has 2 aromatic rings. The average molecular weight is 674 g/mol. The summed E-state index contributed by atoms with van der Waals surface area (Å²) in [6, 6.07) is 0. The van der Waals surface area contributed by atoms with Gasteiger partial charge < -0.3 is 24.1 Å². The molecule has 2 N–H and O–H groups in total. The van der Waals surface area contributed by atoms with E-state index in [1.165, 1.54) is 96.2 Å². The Morgan fingerprint density at radius 2 is 1.45 bits per heavy atom. The molecule has 2 atom stereocenters.